The first-order chi connectivity index (χ1) is 8.00. The van der Waals surface area contributed by atoms with E-state index in [2.05, 4.69) is 0 Å². The van der Waals surface area contributed by atoms with Crippen LogP contribution < -0.4 is 0 Å². The first-order valence-electron chi connectivity index (χ1n) is 6.09. The fourth-order valence-electron chi connectivity index (χ4n) is 2.05. The molecule has 17 heavy (non-hydrogen) atoms. The monoisotopic (exact) mass is 235 g/mol. The number of carbonyl (C=O) groups excluding carboxylic acids is 1. The number of amides is 1. The molecule has 0 radical (unpaired) electrons. The zero-order valence-corrected chi connectivity index (χ0v) is 10.5. The van der Waals surface area contributed by atoms with Gasteiger partial charge in [0, 0.05) is 17.6 Å². The molecule has 0 aliphatic heterocycles. The molecule has 1 amide bonds. The van der Waals surface area contributed by atoms with E-state index in [1.807, 2.05) is 18.7 Å². The fourth-order valence-corrected chi connectivity index (χ4v) is 2.05. The first kappa shape index (κ1) is 12.1. The van der Waals surface area contributed by atoms with Crippen LogP contribution >= 0.6 is 0 Å². The van der Waals surface area contributed by atoms with Crippen molar-refractivity contribution in [3.8, 4) is 0 Å². The Morgan fingerprint density at radius 2 is 2.06 bits per heavy atom. The molecule has 0 aromatic heterocycles. The molecule has 92 valence electrons. The van der Waals surface area contributed by atoms with Gasteiger partial charge in [-0.2, -0.15) is 0 Å². The maximum absolute atomic E-state index is 13.5. The molecule has 0 N–H and O–H groups in total. The standard InChI is InChI=1S/C14H18FNO/c1-9(2)16(12-6-7-12)14(17)11-5-4-10(3)13(15)8-11/h4-5,8-9,12H,6-7H2,1-3H3. The van der Waals surface area contributed by atoms with Crippen molar-refractivity contribution in [3.63, 3.8) is 0 Å². The summed E-state index contributed by atoms with van der Waals surface area (Å²) in [4.78, 5) is 14.2. The molecule has 0 atom stereocenters. The summed E-state index contributed by atoms with van der Waals surface area (Å²) in [5.74, 6) is -0.364. The van der Waals surface area contributed by atoms with Gasteiger partial charge in [-0.15, -0.1) is 0 Å². The van der Waals surface area contributed by atoms with Crippen molar-refractivity contribution in [2.24, 2.45) is 0 Å². The minimum Gasteiger partial charge on any atom is -0.333 e. The van der Waals surface area contributed by atoms with Crippen molar-refractivity contribution in [2.75, 3.05) is 0 Å². The summed E-state index contributed by atoms with van der Waals surface area (Å²) in [6, 6.07) is 5.23. The molecule has 1 saturated carbocycles. The minimum absolute atomic E-state index is 0.0543. The van der Waals surface area contributed by atoms with E-state index in [0.717, 1.165) is 12.8 Å². The van der Waals surface area contributed by atoms with Crippen LogP contribution in [0.2, 0.25) is 0 Å². The van der Waals surface area contributed by atoms with Crippen LogP contribution in [-0.4, -0.2) is 22.9 Å². The van der Waals surface area contributed by atoms with Crippen molar-refractivity contribution in [1.82, 2.24) is 4.90 Å². The van der Waals surface area contributed by atoms with Crippen LogP contribution in [0.3, 0.4) is 0 Å². The number of carbonyl (C=O) groups is 1. The van der Waals surface area contributed by atoms with E-state index in [-0.39, 0.29) is 17.8 Å². The molecule has 1 aromatic carbocycles. The lowest BCUT2D eigenvalue weighted by molar-refractivity contribution is 0.0689. The molecule has 1 fully saturated rings. The van der Waals surface area contributed by atoms with Crippen molar-refractivity contribution < 1.29 is 9.18 Å². The number of halogens is 1. The van der Waals surface area contributed by atoms with Crippen LogP contribution in [0, 0.1) is 12.7 Å². The van der Waals surface area contributed by atoms with Crippen LogP contribution in [0.1, 0.15) is 42.6 Å². The topological polar surface area (TPSA) is 20.3 Å². The van der Waals surface area contributed by atoms with Crippen LogP contribution in [0.25, 0.3) is 0 Å². The molecule has 0 spiro atoms. The van der Waals surface area contributed by atoms with Gasteiger partial charge in [-0.05, 0) is 51.3 Å². The number of aryl methyl sites for hydroxylation is 1. The summed E-state index contributed by atoms with van der Waals surface area (Å²) >= 11 is 0. The number of rotatable bonds is 3. The van der Waals surface area contributed by atoms with E-state index in [1.165, 1.54) is 6.07 Å². The molecule has 0 heterocycles. The van der Waals surface area contributed by atoms with E-state index in [1.54, 1.807) is 19.1 Å². The second-order valence-electron chi connectivity index (χ2n) is 5.00. The van der Waals surface area contributed by atoms with Gasteiger partial charge in [0.25, 0.3) is 5.91 Å². The van der Waals surface area contributed by atoms with Gasteiger partial charge >= 0.3 is 0 Å². The molecule has 1 aliphatic carbocycles. The summed E-state index contributed by atoms with van der Waals surface area (Å²) in [5, 5.41) is 0. The van der Waals surface area contributed by atoms with Gasteiger partial charge in [-0.25, -0.2) is 4.39 Å². The molecular formula is C14H18FNO. The SMILES string of the molecule is Cc1ccc(C(=O)N(C(C)C)C2CC2)cc1F. The smallest absolute Gasteiger partial charge is 0.254 e. The second kappa shape index (κ2) is 4.47. The highest BCUT2D eigenvalue weighted by Gasteiger charge is 2.34. The minimum atomic E-state index is -0.310. The largest absolute Gasteiger partial charge is 0.333 e. The van der Waals surface area contributed by atoms with Gasteiger partial charge in [-0.3, -0.25) is 4.79 Å². The summed E-state index contributed by atoms with van der Waals surface area (Å²) in [5.41, 5.74) is 1.03. The van der Waals surface area contributed by atoms with Crippen LogP contribution in [0.15, 0.2) is 18.2 Å². The Kier molecular flexibility index (Phi) is 3.18. The van der Waals surface area contributed by atoms with Crippen LogP contribution in [0.4, 0.5) is 4.39 Å². The highest BCUT2D eigenvalue weighted by molar-refractivity contribution is 5.94. The van der Waals surface area contributed by atoms with Gasteiger partial charge in [0.2, 0.25) is 0 Å². The number of benzene rings is 1. The normalized spacial score (nSPS) is 15.1. The van der Waals surface area contributed by atoms with Crippen LogP contribution in [0.5, 0.6) is 0 Å². The Labute approximate surface area is 101 Å². The van der Waals surface area contributed by atoms with Gasteiger partial charge in [0.15, 0.2) is 0 Å². The van der Waals surface area contributed by atoms with Crippen molar-refractivity contribution in [3.05, 3.63) is 35.1 Å². The van der Waals surface area contributed by atoms with E-state index in [0.29, 0.717) is 17.2 Å². The van der Waals surface area contributed by atoms with Crippen LogP contribution in [-0.2, 0) is 0 Å². The summed E-state index contributed by atoms with van der Waals surface area (Å²) in [6.07, 6.45) is 2.14. The lowest BCUT2D eigenvalue weighted by atomic mass is 10.1. The molecule has 2 nitrogen and oxygen atoms in total. The summed E-state index contributed by atoms with van der Waals surface area (Å²) in [6.45, 7) is 5.70. The van der Waals surface area contributed by atoms with Crippen molar-refractivity contribution in [2.45, 2.75) is 45.7 Å². The average molecular weight is 235 g/mol. The van der Waals surface area contributed by atoms with Gasteiger partial charge < -0.3 is 4.90 Å². The van der Waals surface area contributed by atoms with E-state index < -0.39 is 0 Å². The van der Waals surface area contributed by atoms with Crippen molar-refractivity contribution >= 4 is 5.91 Å². The molecule has 0 unspecified atom stereocenters. The number of nitrogens with zero attached hydrogens (tertiary/aromatic N) is 1. The molecule has 0 saturated heterocycles. The van der Waals surface area contributed by atoms with E-state index in [4.69, 9.17) is 0 Å². The highest BCUT2D eigenvalue weighted by atomic mass is 19.1. The Morgan fingerprint density at radius 3 is 2.53 bits per heavy atom. The lowest BCUT2D eigenvalue weighted by Crippen LogP contribution is -2.38. The number of hydrogen-bond donors (Lipinski definition) is 0. The number of hydrogen-bond acceptors (Lipinski definition) is 1. The molecule has 1 aliphatic rings. The van der Waals surface area contributed by atoms with Crippen molar-refractivity contribution in [1.29, 1.82) is 0 Å². The predicted molar refractivity (Wildman–Crippen MR) is 65.5 cm³/mol. The maximum Gasteiger partial charge on any atom is 0.254 e. The lowest BCUT2D eigenvalue weighted by Gasteiger charge is -2.26. The van der Waals surface area contributed by atoms with E-state index in [9.17, 15) is 9.18 Å². The highest BCUT2D eigenvalue weighted by Crippen LogP contribution is 2.30. The van der Waals surface area contributed by atoms with Gasteiger partial charge in [0.1, 0.15) is 5.82 Å². The Bertz CT molecular complexity index is 436. The maximum atomic E-state index is 13.5. The molecule has 1 aromatic rings. The average Bonchev–Trinajstić information content (AvgIpc) is 3.06. The second-order valence-corrected chi connectivity index (χ2v) is 5.00. The zero-order chi connectivity index (χ0) is 12.6. The molecule has 3 heteroatoms. The summed E-state index contributed by atoms with van der Waals surface area (Å²) < 4.78 is 13.5. The molecule has 0 bridgehead atoms. The predicted octanol–water partition coefficient (Wildman–Crippen LogP) is 3.15. The third-order valence-corrected chi connectivity index (χ3v) is 3.15. The third-order valence-electron chi connectivity index (χ3n) is 3.15. The molecular weight excluding hydrogens is 217 g/mol. The van der Waals surface area contributed by atoms with Gasteiger partial charge in [-0.1, -0.05) is 6.07 Å². The Morgan fingerprint density at radius 1 is 1.41 bits per heavy atom. The third kappa shape index (κ3) is 2.48. The van der Waals surface area contributed by atoms with E-state index >= 15 is 0 Å². The fraction of sp³-hybridized carbons (Fsp3) is 0.500. The molecule has 2 rings (SSSR count). The zero-order valence-electron chi connectivity index (χ0n) is 10.5. The summed E-state index contributed by atoms with van der Waals surface area (Å²) in [7, 11) is 0. The quantitative estimate of drug-likeness (QED) is 0.788. The van der Waals surface area contributed by atoms with Gasteiger partial charge in [0.05, 0.1) is 0 Å². The Balaban J connectivity index is 2.25. The Hall–Kier alpha value is -1.38. The first-order valence-corrected chi connectivity index (χ1v) is 6.09.